The van der Waals surface area contributed by atoms with Crippen LogP contribution in [0.15, 0.2) is 54.6 Å². The SMILES string of the molecule is CO[C@@H](c1cc2ccccc2n1C)N(NC(=O)c1ccccc1O)C(C)=O. The van der Waals surface area contributed by atoms with E-state index in [1.165, 1.54) is 26.2 Å². The van der Waals surface area contributed by atoms with Gasteiger partial charge in [-0.25, -0.2) is 5.01 Å². The maximum atomic E-state index is 12.6. The lowest BCUT2D eigenvalue weighted by Crippen LogP contribution is -2.48. The zero-order valence-electron chi connectivity index (χ0n) is 15.3. The third kappa shape index (κ3) is 3.50. The second kappa shape index (κ2) is 7.51. The summed E-state index contributed by atoms with van der Waals surface area (Å²) in [6.07, 6.45) is -0.838. The Bertz CT molecular complexity index is 996. The molecule has 1 heterocycles. The second-order valence-corrected chi connectivity index (χ2v) is 6.12. The molecule has 0 unspecified atom stereocenters. The molecule has 0 saturated carbocycles. The highest BCUT2D eigenvalue weighted by atomic mass is 16.5. The quantitative estimate of drug-likeness (QED) is 0.549. The smallest absolute Gasteiger partial charge is 0.273 e. The Morgan fingerprint density at radius 3 is 2.44 bits per heavy atom. The number of aromatic hydroxyl groups is 1. The fourth-order valence-electron chi connectivity index (χ4n) is 3.04. The summed E-state index contributed by atoms with van der Waals surface area (Å²) in [7, 11) is 3.33. The van der Waals surface area contributed by atoms with Crippen LogP contribution in [-0.4, -0.2) is 33.6 Å². The molecule has 0 fully saturated rings. The molecule has 0 radical (unpaired) electrons. The number of fused-ring (bicyclic) bond motifs is 1. The van der Waals surface area contributed by atoms with Gasteiger partial charge in [-0.05, 0) is 24.3 Å². The number of carbonyl (C=O) groups excluding carboxylic acids is 2. The van der Waals surface area contributed by atoms with E-state index in [1.54, 1.807) is 12.1 Å². The normalized spacial score (nSPS) is 12.0. The van der Waals surface area contributed by atoms with E-state index in [0.29, 0.717) is 5.69 Å². The van der Waals surface area contributed by atoms with Crippen LogP contribution in [-0.2, 0) is 16.6 Å². The minimum atomic E-state index is -0.838. The molecule has 0 aliphatic rings. The number of phenols is 1. The van der Waals surface area contributed by atoms with Crippen molar-refractivity contribution in [3.8, 4) is 5.75 Å². The molecule has 0 bridgehead atoms. The largest absolute Gasteiger partial charge is 0.507 e. The number of methoxy groups -OCH3 is 1. The van der Waals surface area contributed by atoms with Crippen molar-refractivity contribution in [2.75, 3.05) is 7.11 Å². The molecule has 7 heteroatoms. The molecule has 3 rings (SSSR count). The molecular formula is C20H21N3O4. The second-order valence-electron chi connectivity index (χ2n) is 6.12. The summed E-state index contributed by atoms with van der Waals surface area (Å²) in [6.45, 7) is 1.33. The first-order chi connectivity index (χ1) is 12.9. The third-order valence-electron chi connectivity index (χ3n) is 4.41. The number of aryl methyl sites for hydroxylation is 1. The van der Waals surface area contributed by atoms with Crippen molar-refractivity contribution in [2.24, 2.45) is 7.05 Å². The van der Waals surface area contributed by atoms with Gasteiger partial charge in [0.15, 0.2) is 6.23 Å². The zero-order valence-corrected chi connectivity index (χ0v) is 15.3. The average Bonchev–Trinajstić information content (AvgIpc) is 2.98. The van der Waals surface area contributed by atoms with Gasteiger partial charge in [-0.15, -0.1) is 0 Å². The van der Waals surface area contributed by atoms with Gasteiger partial charge in [-0.3, -0.25) is 15.0 Å². The number of benzene rings is 2. The molecule has 0 aliphatic heterocycles. The maximum Gasteiger partial charge on any atom is 0.273 e. The lowest BCUT2D eigenvalue weighted by molar-refractivity contribution is -0.148. The van der Waals surface area contributed by atoms with Crippen molar-refractivity contribution in [2.45, 2.75) is 13.2 Å². The molecule has 2 aromatic carbocycles. The van der Waals surface area contributed by atoms with Crippen LogP contribution in [0.4, 0.5) is 0 Å². The lowest BCUT2D eigenvalue weighted by atomic mass is 10.2. The molecule has 1 aromatic heterocycles. The van der Waals surface area contributed by atoms with Gasteiger partial charge >= 0.3 is 0 Å². The zero-order chi connectivity index (χ0) is 19.6. The first kappa shape index (κ1) is 18.5. The molecule has 3 aromatic rings. The van der Waals surface area contributed by atoms with Gasteiger partial charge in [-0.1, -0.05) is 30.3 Å². The predicted octanol–water partition coefficient (Wildman–Crippen LogP) is 2.72. The molecule has 0 saturated heterocycles. The highest BCUT2D eigenvalue weighted by molar-refractivity contribution is 5.97. The van der Waals surface area contributed by atoms with Crippen molar-refractivity contribution in [3.05, 3.63) is 65.9 Å². The van der Waals surface area contributed by atoms with Crippen LogP contribution < -0.4 is 5.43 Å². The topological polar surface area (TPSA) is 83.8 Å². The number of carbonyl (C=O) groups is 2. The number of phenolic OH excluding ortho intramolecular Hbond substituents is 1. The number of para-hydroxylation sites is 2. The van der Waals surface area contributed by atoms with Crippen molar-refractivity contribution in [1.29, 1.82) is 0 Å². The van der Waals surface area contributed by atoms with E-state index in [9.17, 15) is 14.7 Å². The molecule has 27 heavy (non-hydrogen) atoms. The summed E-state index contributed by atoms with van der Waals surface area (Å²) in [5.41, 5.74) is 4.28. The van der Waals surface area contributed by atoms with E-state index in [0.717, 1.165) is 15.9 Å². The van der Waals surface area contributed by atoms with Crippen LogP contribution >= 0.6 is 0 Å². The number of ether oxygens (including phenoxy) is 1. The Balaban J connectivity index is 1.96. The molecule has 1 atom stereocenters. The minimum Gasteiger partial charge on any atom is -0.507 e. The van der Waals surface area contributed by atoms with Gasteiger partial charge in [-0.2, -0.15) is 0 Å². The van der Waals surface area contributed by atoms with Crippen molar-refractivity contribution < 1.29 is 19.4 Å². The van der Waals surface area contributed by atoms with Crippen LogP contribution in [0.25, 0.3) is 10.9 Å². The van der Waals surface area contributed by atoms with E-state index in [-0.39, 0.29) is 11.3 Å². The molecule has 2 N–H and O–H groups in total. The Morgan fingerprint density at radius 1 is 1.15 bits per heavy atom. The van der Waals surface area contributed by atoms with Gasteiger partial charge in [0.2, 0.25) is 5.91 Å². The predicted molar refractivity (Wildman–Crippen MR) is 101 cm³/mol. The first-order valence-corrected chi connectivity index (χ1v) is 8.40. The van der Waals surface area contributed by atoms with Gasteiger partial charge in [0.05, 0.1) is 11.3 Å². The molecule has 0 aliphatic carbocycles. The monoisotopic (exact) mass is 367 g/mol. The standard InChI is InChI=1S/C20H21N3O4/c1-13(24)23(21-19(26)15-9-5-7-11-18(15)25)20(27-3)17-12-14-8-4-6-10-16(14)22(17)2/h4-12,20,25H,1-3H3,(H,21,26)/t20-/m0/s1. The minimum absolute atomic E-state index is 0.0654. The van der Waals surface area contributed by atoms with Crippen LogP contribution in [0, 0.1) is 0 Å². The van der Waals surface area contributed by atoms with E-state index < -0.39 is 18.0 Å². The number of nitrogens with zero attached hydrogens (tertiary/aromatic N) is 2. The Labute approximate surface area is 156 Å². The number of hydrogen-bond acceptors (Lipinski definition) is 4. The van der Waals surface area contributed by atoms with E-state index >= 15 is 0 Å². The fraction of sp³-hybridized carbons (Fsp3) is 0.200. The first-order valence-electron chi connectivity index (χ1n) is 8.40. The number of rotatable bonds is 4. The maximum absolute atomic E-state index is 12.6. The number of hydrogen-bond donors (Lipinski definition) is 2. The summed E-state index contributed by atoms with van der Waals surface area (Å²) in [4.78, 5) is 24.8. The van der Waals surface area contributed by atoms with Gasteiger partial charge < -0.3 is 14.4 Å². The average molecular weight is 367 g/mol. The van der Waals surface area contributed by atoms with E-state index in [4.69, 9.17) is 4.74 Å². The van der Waals surface area contributed by atoms with Crippen LogP contribution in [0.5, 0.6) is 5.75 Å². The summed E-state index contributed by atoms with van der Waals surface area (Å²) in [5.74, 6) is -1.18. The molecular weight excluding hydrogens is 346 g/mol. The summed E-state index contributed by atoms with van der Waals surface area (Å²) < 4.78 is 7.45. The number of nitrogens with one attached hydrogen (secondary N) is 1. The van der Waals surface area contributed by atoms with Crippen molar-refractivity contribution in [3.63, 3.8) is 0 Å². The number of hydrazine groups is 1. The summed E-state index contributed by atoms with van der Waals surface area (Å²) in [6, 6.07) is 15.8. The number of aromatic nitrogens is 1. The van der Waals surface area contributed by atoms with E-state index in [2.05, 4.69) is 5.43 Å². The van der Waals surface area contributed by atoms with E-state index in [1.807, 2.05) is 41.9 Å². The van der Waals surface area contributed by atoms with Crippen molar-refractivity contribution in [1.82, 2.24) is 15.0 Å². The third-order valence-corrected chi connectivity index (χ3v) is 4.41. The fourth-order valence-corrected chi connectivity index (χ4v) is 3.04. The molecule has 140 valence electrons. The lowest BCUT2D eigenvalue weighted by Gasteiger charge is -2.30. The Kier molecular flexibility index (Phi) is 5.14. The highest BCUT2D eigenvalue weighted by Gasteiger charge is 2.28. The molecule has 7 nitrogen and oxygen atoms in total. The van der Waals surface area contributed by atoms with Gasteiger partial charge in [0.25, 0.3) is 5.91 Å². The summed E-state index contributed by atoms with van der Waals surface area (Å²) in [5, 5.41) is 12.0. The van der Waals surface area contributed by atoms with Crippen LogP contribution in [0.2, 0.25) is 0 Å². The van der Waals surface area contributed by atoms with Crippen LogP contribution in [0.1, 0.15) is 29.2 Å². The Hall–Kier alpha value is -3.32. The Morgan fingerprint density at radius 2 is 1.81 bits per heavy atom. The van der Waals surface area contributed by atoms with Crippen LogP contribution in [0.3, 0.4) is 0 Å². The molecule has 0 spiro atoms. The van der Waals surface area contributed by atoms with Crippen molar-refractivity contribution >= 4 is 22.7 Å². The number of amides is 2. The molecule has 2 amide bonds. The van der Waals surface area contributed by atoms with Gasteiger partial charge in [0, 0.05) is 32.0 Å². The summed E-state index contributed by atoms with van der Waals surface area (Å²) >= 11 is 0. The van der Waals surface area contributed by atoms with Gasteiger partial charge in [0.1, 0.15) is 5.75 Å². The highest BCUT2D eigenvalue weighted by Crippen LogP contribution is 2.27.